The van der Waals surface area contributed by atoms with Gasteiger partial charge in [0.2, 0.25) is 5.91 Å². The first-order chi connectivity index (χ1) is 16.0. The highest BCUT2D eigenvalue weighted by molar-refractivity contribution is 5.89. The number of carbonyl (C=O) groups is 3. The van der Waals surface area contributed by atoms with Crippen LogP contribution in [0.1, 0.15) is 63.0 Å². The summed E-state index contributed by atoms with van der Waals surface area (Å²) in [5.74, 6) is -1.66. The molecule has 176 valence electrons. The molecule has 0 fully saturated rings. The summed E-state index contributed by atoms with van der Waals surface area (Å²) in [6.45, 7) is 4.00. The molecule has 0 radical (unpaired) electrons. The van der Waals surface area contributed by atoms with Gasteiger partial charge in [0.05, 0.1) is 0 Å². The maximum atomic E-state index is 12.7. The lowest BCUT2D eigenvalue weighted by Gasteiger charge is -2.21. The largest absolute Gasteiger partial charge is 0.480 e. The molecule has 1 aliphatic carbocycles. The molecule has 2 amide bonds. The van der Waals surface area contributed by atoms with Crippen LogP contribution >= 0.6 is 0 Å². The molecule has 0 aliphatic heterocycles. The average Bonchev–Trinajstić information content (AvgIpc) is 3.13. The van der Waals surface area contributed by atoms with Gasteiger partial charge in [-0.05, 0) is 35.1 Å². The molecule has 2 aromatic rings. The van der Waals surface area contributed by atoms with Crippen LogP contribution in [0.25, 0.3) is 11.1 Å². The average molecular weight is 453 g/mol. The zero-order valence-electron chi connectivity index (χ0n) is 19.2. The molecule has 7 nitrogen and oxygen atoms in total. The molecule has 0 heterocycles. The first kappa shape index (κ1) is 24.3. The summed E-state index contributed by atoms with van der Waals surface area (Å²) in [5.41, 5.74) is 4.48. The van der Waals surface area contributed by atoms with Crippen molar-refractivity contribution in [3.63, 3.8) is 0 Å². The minimum absolute atomic E-state index is 0.0768. The second-order valence-corrected chi connectivity index (χ2v) is 8.35. The van der Waals surface area contributed by atoms with Crippen LogP contribution in [0.5, 0.6) is 0 Å². The third-order valence-electron chi connectivity index (χ3n) is 5.99. The van der Waals surface area contributed by atoms with Gasteiger partial charge in [-0.15, -0.1) is 0 Å². The summed E-state index contributed by atoms with van der Waals surface area (Å²) >= 11 is 0. The zero-order valence-corrected chi connectivity index (χ0v) is 19.2. The first-order valence-corrected chi connectivity index (χ1v) is 11.6. The molecule has 0 aromatic heterocycles. The maximum absolute atomic E-state index is 12.7. The molecule has 3 N–H and O–H groups in total. The predicted octanol–water partition coefficient (Wildman–Crippen LogP) is 4.45. The van der Waals surface area contributed by atoms with E-state index in [9.17, 15) is 19.5 Å². The zero-order chi connectivity index (χ0) is 23.8. The van der Waals surface area contributed by atoms with Crippen molar-refractivity contribution >= 4 is 18.0 Å². The summed E-state index contributed by atoms with van der Waals surface area (Å²) in [4.78, 5) is 36.7. The quantitative estimate of drug-likeness (QED) is 0.467. The van der Waals surface area contributed by atoms with E-state index in [2.05, 4.69) is 22.8 Å². The van der Waals surface area contributed by atoms with E-state index in [1.54, 1.807) is 0 Å². The Kier molecular flexibility index (Phi) is 8.46. The molecule has 33 heavy (non-hydrogen) atoms. The van der Waals surface area contributed by atoms with Gasteiger partial charge in [-0.2, -0.15) is 0 Å². The van der Waals surface area contributed by atoms with E-state index in [4.69, 9.17) is 4.74 Å². The van der Waals surface area contributed by atoms with E-state index in [1.165, 1.54) is 0 Å². The van der Waals surface area contributed by atoms with Crippen LogP contribution in [0.2, 0.25) is 0 Å². The minimum Gasteiger partial charge on any atom is -0.480 e. The summed E-state index contributed by atoms with van der Waals surface area (Å²) < 4.78 is 5.54. The fourth-order valence-electron chi connectivity index (χ4n) is 4.28. The Hall–Kier alpha value is -3.35. The van der Waals surface area contributed by atoms with Crippen molar-refractivity contribution in [1.29, 1.82) is 0 Å². The summed E-state index contributed by atoms with van der Waals surface area (Å²) in [5, 5.41) is 14.6. The van der Waals surface area contributed by atoms with Gasteiger partial charge in [0.15, 0.2) is 0 Å². The highest BCUT2D eigenvalue weighted by atomic mass is 16.5. The molecule has 1 aliphatic rings. The molecule has 0 unspecified atom stereocenters. The Morgan fingerprint density at radius 1 is 0.879 bits per heavy atom. The number of carbonyl (C=O) groups excluding carboxylic acids is 2. The molecule has 0 spiro atoms. The monoisotopic (exact) mass is 452 g/mol. The number of carboxylic acid groups (broad SMARTS) is 1. The van der Waals surface area contributed by atoms with Crippen molar-refractivity contribution in [2.24, 2.45) is 0 Å². The normalized spacial score (nSPS) is 14.0. The Bertz CT molecular complexity index is 945. The Morgan fingerprint density at radius 3 is 2.03 bits per heavy atom. The second-order valence-electron chi connectivity index (χ2n) is 8.35. The number of alkyl carbamates (subject to hydrolysis) is 1. The van der Waals surface area contributed by atoms with Crippen LogP contribution in [-0.4, -0.2) is 41.8 Å². The van der Waals surface area contributed by atoms with Crippen molar-refractivity contribution in [2.45, 2.75) is 64.0 Å². The molecule has 7 heteroatoms. The number of amides is 2. The Labute approximate surface area is 194 Å². The number of hydrogen-bond donors (Lipinski definition) is 3. The van der Waals surface area contributed by atoms with E-state index in [0.29, 0.717) is 25.7 Å². The number of benzene rings is 2. The minimum atomic E-state index is -1.08. The number of unbranched alkanes of at least 4 members (excludes halogenated alkanes) is 1. The molecular formula is C26H32N2O5. The molecule has 0 bridgehead atoms. The fraction of sp³-hybridized carbons (Fsp3) is 0.423. The van der Waals surface area contributed by atoms with E-state index < -0.39 is 30.1 Å². The lowest BCUT2D eigenvalue weighted by atomic mass is 9.98. The fourth-order valence-corrected chi connectivity index (χ4v) is 4.28. The van der Waals surface area contributed by atoms with Crippen LogP contribution < -0.4 is 10.6 Å². The van der Waals surface area contributed by atoms with Crippen molar-refractivity contribution in [1.82, 2.24) is 10.6 Å². The SMILES string of the molecule is CCCC[C@H](NC(=O)[C@@H](CCC)NC(=O)OCC1c2ccccc2-c2ccccc21)C(=O)O. The number of aliphatic carboxylic acids is 1. The van der Waals surface area contributed by atoms with Gasteiger partial charge in [0.1, 0.15) is 18.7 Å². The van der Waals surface area contributed by atoms with Crippen molar-refractivity contribution in [3.05, 3.63) is 59.7 Å². The van der Waals surface area contributed by atoms with E-state index in [-0.39, 0.29) is 12.5 Å². The number of hydrogen-bond acceptors (Lipinski definition) is 4. The Balaban J connectivity index is 1.62. The van der Waals surface area contributed by atoms with Gasteiger partial charge in [0.25, 0.3) is 0 Å². The maximum Gasteiger partial charge on any atom is 0.407 e. The molecule has 3 rings (SSSR count). The Morgan fingerprint density at radius 2 is 1.48 bits per heavy atom. The van der Waals surface area contributed by atoms with Gasteiger partial charge in [0, 0.05) is 5.92 Å². The van der Waals surface area contributed by atoms with E-state index in [1.807, 2.05) is 50.2 Å². The molecule has 2 aromatic carbocycles. The van der Waals surface area contributed by atoms with Crippen LogP contribution in [-0.2, 0) is 14.3 Å². The van der Waals surface area contributed by atoms with Crippen LogP contribution in [0.4, 0.5) is 4.79 Å². The summed E-state index contributed by atoms with van der Waals surface area (Å²) in [6, 6.07) is 14.3. The number of nitrogens with one attached hydrogen (secondary N) is 2. The topological polar surface area (TPSA) is 105 Å². The summed E-state index contributed by atoms with van der Waals surface area (Å²) in [6.07, 6.45) is 2.21. The highest BCUT2D eigenvalue weighted by Crippen LogP contribution is 2.44. The third-order valence-corrected chi connectivity index (χ3v) is 5.99. The van der Waals surface area contributed by atoms with Crippen molar-refractivity contribution in [2.75, 3.05) is 6.61 Å². The number of ether oxygens (including phenoxy) is 1. The predicted molar refractivity (Wildman–Crippen MR) is 126 cm³/mol. The lowest BCUT2D eigenvalue weighted by molar-refractivity contribution is -0.142. The standard InChI is InChI=1S/C26H32N2O5/c1-3-5-15-23(25(30)31)27-24(29)22(10-4-2)28-26(32)33-16-21-19-13-8-6-11-17(19)18-12-7-9-14-20(18)21/h6-9,11-14,21-23H,3-5,10,15-16H2,1-2H3,(H,27,29)(H,28,32)(H,30,31)/t22-,23+/m1/s1. The second kappa shape index (κ2) is 11.5. The van der Waals surface area contributed by atoms with Gasteiger partial charge in [-0.25, -0.2) is 9.59 Å². The lowest BCUT2D eigenvalue weighted by Crippen LogP contribution is -2.51. The first-order valence-electron chi connectivity index (χ1n) is 11.6. The number of rotatable bonds is 11. The smallest absolute Gasteiger partial charge is 0.407 e. The van der Waals surface area contributed by atoms with E-state index >= 15 is 0 Å². The molecular weight excluding hydrogens is 420 g/mol. The van der Waals surface area contributed by atoms with Gasteiger partial charge >= 0.3 is 12.1 Å². The highest BCUT2D eigenvalue weighted by Gasteiger charge is 2.30. The van der Waals surface area contributed by atoms with Crippen molar-refractivity contribution < 1.29 is 24.2 Å². The van der Waals surface area contributed by atoms with Crippen LogP contribution in [0, 0.1) is 0 Å². The number of fused-ring (bicyclic) bond motifs is 3. The van der Waals surface area contributed by atoms with E-state index in [0.717, 1.165) is 28.7 Å². The van der Waals surface area contributed by atoms with Crippen LogP contribution in [0.15, 0.2) is 48.5 Å². The summed E-state index contributed by atoms with van der Waals surface area (Å²) in [7, 11) is 0. The number of carboxylic acids is 1. The van der Waals surface area contributed by atoms with Crippen LogP contribution in [0.3, 0.4) is 0 Å². The molecule has 2 atom stereocenters. The van der Waals surface area contributed by atoms with Gasteiger partial charge in [-0.1, -0.05) is 81.6 Å². The molecule has 0 saturated carbocycles. The third kappa shape index (κ3) is 5.92. The van der Waals surface area contributed by atoms with Gasteiger partial charge < -0.3 is 20.5 Å². The van der Waals surface area contributed by atoms with Gasteiger partial charge in [-0.3, -0.25) is 4.79 Å². The molecule has 0 saturated heterocycles. The van der Waals surface area contributed by atoms with Crippen molar-refractivity contribution in [3.8, 4) is 11.1 Å².